The van der Waals surface area contributed by atoms with Crippen LogP contribution in [0, 0.1) is 13.8 Å². The molecule has 1 saturated heterocycles. The second-order valence-corrected chi connectivity index (χ2v) is 5.13. The predicted octanol–water partition coefficient (Wildman–Crippen LogP) is 1.85. The number of ether oxygens (including phenoxy) is 1. The molecule has 6 nitrogen and oxygen atoms in total. The summed E-state index contributed by atoms with van der Waals surface area (Å²) in [6.07, 6.45) is 3.04. The van der Waals surface area contributed by atoms with Crippen LogP contribution in [0.15, 0.2) is 4.52 Å². The average molecular weight is 280 g/mol. The number of aryl methyl sites for hydroxylation is 2. The topological polar surface area (TPSA) is 72.6 Å². The van der Waals surface area contributed by atoms with Gasteiger partial charge in [0.15, 0.2) is 0 Å². The van der Waals surface area contributed by atoms with E-state index in [1.165, 1.54) is 7.11 Å². The van der Waals surface area contributed by atoms with Crippen molar-refractivity contribution in [3.05, 3.63) is 17.0 Å². The normalized spacial score (nSPS) is 18.9. The van der Waals surface area contributed by atoms with Crippen LogP contribution >= 0.6 is 0 Å². The number of hydrogen-bond donors (Lipinski definition) is 0. The number of piperidine rings is 1. The third-order valence-corrected chi connectivity index (χ3v) is 3.77. The SMILES string of the molecule is COC(=O)CC1CCCCN1C(=O)c1c(C)noc1C. The minimum absolute atomic E-state index is 0.0996. The van der Waals surface area contributed by atoms with Crippen molar-refractivity contribution in [1.82, 2.24) is 10.1 Å². The third-order valence-electron chi connectivity index (χ3n) is 3.77. The van der Waals surface area contributed by atoms with Crippen LogP contribution in [0.4, 0.5) is 0 Å². The minimum atomic E-state index is -0.284. The highest BCUT2D eigenvalue weighted by molar-refractivity contribution is 5.96. The van der Waals surface area contributed by atoms with Crippen molar-refractivity contribution in [2.24, 2.45) is 0 Å². The molecule has 2 heterocycles. The maximum Gasteiger partial charge on any atom is 0.307 e. The van der Waals surface area contributed by atoms with Gasteiger partial charge in [0.1, 0.15) is 11.3 Å². The molecule has 0 aromatic carbocycles. The van der Waals surface area contributed by atoms with Gasteiger partial charge in [-0.25, -0.2) is 0 Å². The van der Waals surface area contributed by atoms with Crippen LogP contribution in [0.1, 0.15) is 47.5 Å². The molecule has 0 bridgehead atoms. The minimum Gasteiger partial charge on any atom is -0.469 e. The van der Waals surface area contributed by atoms with E-state index in [-0.39, 0.29) is 24.3 Å². The maximum absolute atomic E-state index is 12.7. The molecule has 1 aliphatic heterocycles. The summed E-state index contributed by atoms with van der Waals surface area (Å²) < 4.78 is 9.77. The molecule has 20 heavy (non-hydrogen) atoms. The van der Waals surface area contributed by atoms with Crippen LogP contribution < -0.4 is 0 Å². The molecular weight excluding hydrogens is 260 g/mol. The number of nitrogens with zero attached hydrogens (tertiary/aromatic N) is 2. The lowest BCUT2D eigenvalue weighted by Gasteiger charge is -2.35. The molecule has 1 atom stereocenters. The summed E-state index contributed by atoms with van der Waals surface area (Å²) in [4.78, 5) is 25.9. The number of carbonyl (C=O) groups excluding carboxylic acids is 2. The second-order valence-electron chi connectivity index (χ2n) is 5.13. The molecule has 1 amide bonds. The Labute approximate surface area is 118 Å². The molecule has 1 fully saturated rings. The second kappa shape index (κ2) is 6.07. The fraction of sp³-hybridized carbons (Fsp3) is 0.643. The highest BCUT2D eigenvalue weighted by Gasteiger charge is 2.32. The zero-order valence-electron chi connectivity index (χ0n) is 12.1. The Morgan fingerprint density at radius 2 is 2.15 bits per heavy atom. The van der Waals surface area contributed by atoms with Crippen LogP contribution in [0.25, 0.3) is 0 Å². The van der Waals surface area contributed by atoms with E-state index in [9.17, 15) is 9.59 Å². The lowest BCUT2D eigenvalue weighted by molar-refractivity contribution is -0.142. The van der Waals surface area contributed by atoms with Crippen molar-refractivity contribution in [3.63, 3.8) is 0 Å². The van der Waals surface area contributed by atoms with Crippen LogP contribution in [0.2, 0.25) is 0 Å². The fourth-order valence-corrected chi connectivity index (χ4v) is 2.69. The molecule has 1 aromatic rings. The average Bonchev–Trinajstić information content (AvgIpc) is 2.78. The van der Waals surface area contributed by atoms with Crippen molar-refractivity contribution >= 4 is 11.9 Å². The summed E-state index contributed by atoms with van der Waals surface area (Å²) in [5.41, 5.74) is 1.11. The number of rotatable bonds is 3. The number of hydrogen-bond acceptors (Lipinski definition) is 5. The molecule has 0 spiro atoms. The summed E-state index contributed by atoms with van der Waals surface area (Å²) in [5.74, 6) is 0.137. The zero-order valence-corrected chi connectivity index (χ0v) is 12.1. The highest BCUT2D eigenvalue weighted by Crippen LogP contribution is 2.24. The molecule has 0 radical (unpaired) electrons. The molecule has 6 heteroatoms. The summed E-state index contributed by atoms with van der Waals surface area (Å²) in [5, 5.41) is 3.82. The molecule has 0 saturated carbocycles. The molecule has 0 N–H and O–H groups in total. The van der Waals surface area contributed by atoms with Crippen molar-refractivity contribution in [3.8, 4) is 0 Å². The van der Waals surface area contributed by atoms with Gasteiger partial charge in [-0.3, -0.25) is 9.59 Å². The van der Waals surface area contributed by atoms with Gasteiger partial charge in [0, 0.05) is 12.6 Å². The highest BCUT2D eigenvalue weighted by atomic mass is 16.5. The number of aromatic nitrogens is 1. The quantitative estimate of drug-likeness (QED) is 0.790. The van der Waals surface area contributed by atoms with E-state index >= 15 is 0 Å². The fourth-order valence-electron chi connectivity index (χ4n) is 2.69. The van der Waals surface area contributed by atoms with Crippen LogP contribution in [-0.2, 0) is 9.53 Å². The number of esters is 1. The van der Waals surface area contributed by atoms with Crippen LogP contribution in [0.3, 0.4) is 0 Å². The Balaban J connectivity index is 2.19. The zero-order chi connectivity index (χ0) is 14.7. The molecule has 1 aromatic heterocycles. The lowest BCUT2D eigenvalue weighted by Crippen LogP contribution is -2.45. The van der Waals surface area contributed by atoms with Crippen molar-refractivity contribution in [2.75, 3.05) is 13.7 Å². The lowest BCUT2D eigenvalue weighted by atomic mass is 9.98. The number of likely N-dealkylation sites (tertiary alicyclic amines) is 1. The van der Waals surface area contributed by atoms with Crippen LogP contribution in [-0.4, -0.2) is 41.6 Å². The largest absolute Gasteiger partial charge is 0.469 e. The van der Waals surface area contributed by atoms with Crippen molar-refractivity contribution < 1.29 is 18.8 Å². The Morgan fingerprint density at radius 3 is 2.75 bits per heavy atom. The van der Waals surface area contributed by atoms with Gasteiger partial charge in [0.25, 0.3) is 5.91 Å². The van der Waals surface area contributed by atoms with E-state index in [4.69, 9.17) is 9.26 Å². The van der Waals surface area contributed by atoms with Gasteiger partial charge in [-0.2, -0.15) is 0 Å². The summed E-state index contributed by atoms with van der Waals surface area (Å²) in [7, 11) is 1.37. The van der Waals surface area contributed by atoms with Gasteiger partial charge in [0.05, 0.1) is 19.2 Å². The van der Waals surface area contributed by atoms with Gasteiger partial charge < -0.3 is 14.2 Å². The monoisotopic (exact) mass is 280 g/mol. The van der Waals surface area contributed by atoms with Crippen molar-refractivity contribution in [2.45, 2.75) is 45.6 Å². The van der Waals surface area contributed by atoms with E-state index in [2.05, 4.69) is 5.16 Å². The Morgan fingerprint density at radius 1 is 1.40 bits per heavy atom. The number of amides is 1. The Kier molecular flexibility index (Phi) is 4.42. The molecular formula is C14H20N2O4. The molecule has 1 unspecified atom stereocenters. The van der Waals surface area contributed by atoms with Gasteiger partial charge in [-0.1, -0.05) is 5.16 Å². The van der Waals surface area contributed by atoms with E-state index in [1.807, 2.05) is 0 Å². The molecule has 0 aliphatic carbocycles. The van der Waals surface area contributed by atoms with Crippen LogP contribution in [0.5, 0.6) is 0 Å². The standard InChI is InChI=1S/C14H20N2O4/c1-9-13(10(2)20-15-9)14(18)16-7-5-4-6-11(16)8-12(17)19-3/h11H,4-8H2,1-3H3. The van der Waals surface area contributed by atoms with Gasteiger partial charge in [0.2, 0.25) is 0 Å². The first-order valence-corrected chi connectivity index (χ1v) is 6.85. The van der Waals surface area contributed by atoms with Gasteiger partial charge in [-0.15, -0.1) is 0 Å². The van der Waals surface area contributed by atoms with Gasteiger partial charge >= 0.3 is 5.97 Å². The molecule has 110 valence electrons. The Hall–Kier alpha value is -1.85. The number of carbonyl (C=O) groups is 2. The van der Waals surface area contributed by atoms with E-state index < -0.39 is 0 Å². The molecule has 2 rings (SSSR count). The van der Waals surface area contributed by atoms with E-state index in [1.54, 1.807) is 18.7 Å². The van der Waals surface area contributed by atoms with Crippen molar-refractivity contribution in [1.29, 1.82) is 0 Å². The first-order chi connectivity index (χ1) is 9.54. The summed E-state index contributed by atoms with van der Waals surface area (Å²) in [6.45, 7) is 4.14. The van der Waals surface area contributed by atoms with Gasteiger partial charge in [-0.05, 0) is 33.1 Å². The molecule has 1 aliphatic rings. The maximum atomic E-state index is 12.7. The summed E-state index contributed by atoms with van der Waals surface area (Å²) in [6, 6.07) is -0.0996. The predicted molar refractivity (Wildman–Crippen MR) is 71.3 cm³/mol. The van der Waals surface area contributed by atoms with E-state index in [0.29, 0.717) is 23.6 Å². The first kappa shape index (κ1) is 14.6. The number of methoxy groups -OCH3 is 1. The first-order valence-electron chi connectivity index (χ1n) is 6.85. The Bertz CT molecular complexity index is 490. The third kappa shape index (κ3) is 2.84. The summed E-state index contributed by atoms with van der Waals surface area (Å²) >= 11 is 0. The van der Waals surface area contributed by atoms with E-state index in [0.717, 1.165) is 19.3 Å². The smallest absolute Gasteiger partial charge is 0.307 e.